The van der Waals surface area contributed by atoms with E-state index in [9.17, 15) is 9.59 Å². The maximum Gasteiger partial charge on any atom is 0.307 e. The van der Waals surface area contributed by atoms with Crippen molar-refractivity contribution >= 4 is 11.9 Å². The average Bonchev–Trinajstić information content (AvgIpc) is 2.14. The van der Waals surface area contributed by atoms with Crippen molar-refractivity contribution in [2.45, 2.75) is 26.2 Å². The van der Waals surface area contributed by atoms with Crippen LogP contribution in [-0.4, -0.2) is 35.2 Å². The highest BCUT2D eigenvalue weighted by molar-refractivity contribution is 5.82. The number of amides is 1. The van der Waals surface area contributed by atoms with Gasteiger partial charge in [0, 0.05) is 13.0 Å². The first-order chi connectivity index (χ1) is 6.61. The van der Waals surface area contributed by atoms with Crippen molar-refractivity contribution in [3.63, 3.8) is 0 Å². The topological polar surface area (TPSA) is 86.6 Å². The number of carboxylic acid groups (broad SMARTS) is 1. The Bertz CT molecular complexity index is 193. The van der Waals surface area contributed by atoms with Gasteiger partial charge in [-0.25, -0.2) is 0 Å². The Labute approximate surface area is 83.1 Å². The standard InChI is InChI=1S/C9H17NO4/c1-2-3-7(9(13)14)6-8(12)10-4-5-11/h7,11H,2-6H2,1H3,(H,10,12)(H,13,14). The monoisotopic (exact) mass is 203 g/mol. The summed E-state index contributed by atoms with van der Waals surface area (Å²) in [5.41, 5.74) is 0. The van der Waals surface area contributed by atoms with Crippen LogP contribution in [0.25, 0.3) is 0 Å². The summed E-state index contributed by atoms with van der Waals surface area (Å²) in [6, 6.07) is 0. The molecule has 0 aromatic rings. The summed E-state index contributed by atoms with van der Waals surface area (Å²) in [6.45, 7) is 1.93. The van der Waals surface area contributed by atoms with Gasteiger partial charge in [0.05, 0.1) is 12.5 Å². The summed E-state index contributed by atoms with van der Waals surface area (Å²) in [4.78, 5) is 21.8. The molecule has 0 aliphatic carbocycles. The van der Waals surface area contributed by atoms with E-state index < -0.39 is 11.9 Å². The minimum Gasteiger partial charge on any atom is -0.481 e. The highest BCUT2D eigenvalue weighted by Crippen LogP contribution is 2.10. The maximum absolute atomic E-state index is 11.1. The van der Waals surface area contributed by atoms with Gasteiger partial charge in [-0.2, -0.15) is 0 Å². The van der Waals surface area contributed by atoms with Crippen molar-refractivity contribution < 1.29 is 19.8 Å². The van der Waals surface area contributed by atoms with Crippen LogP contribution in [0.4, 0.5) is 0 Å². The number of aliphatic carboxylic acids is 1. The minimum absolute atomic E-state index is 0.0107. The summed E-state index contributed by atoms with van der Waals surface area (Å²) in [7, 11) is 0. The number of hydrogen-bond donors (Lipinski definition) is 3. The van der Waals surface area contributed by atoms with Gasteiger partial charge in [0.15, 0.2) is 0 Å². The second-order valence-corrected chi connectivity index (χ2v) is 3.10. The van der Waals surface area contributed by atoms with Crippen LogP contribution in [0.15, 0.2) is 0 Å². The molecule has 5 heteroatoms. The first-order valence-electron chi connectivity index (χ1n) is 4.72. The molecule has 0 saturated carbocycles. The summed E-state index contributed by atoms with van der Waals surface area (Å²) in [5, 5.41) is 19.6. The van der Waals surface area contributed by atoms with Gasteiger partial charge in [0.1, 0.15) is 0 Å². The summed E-state index contributed by atoms with van der Waals surface area (Å²) >= 11 is 0. The van der Waals surface area contributed by atoms with Crippen molar-refractivity contribution in [1.29, 1.82) is 0 Å². The Hall–Kier alpha value is -1.10. The normalized spacial score (nSPS) is 12.1. The lowest BCUT2D eigenvalue weighted by molar-refractivity contribution is -0.144. The van der Waals surface area contributed by atoms with Gasteiger partial charge in [-0.1, -0.05) is 13.3 Å². The summed E-state index contributed by atoms with van der Waals surface area (Å²) in [5.74, 6) is -1.87. The van der Waals surface area contributed by atoms with Gasteiger partial charge in [-0.15, -0.1) is 0 Å². The number of nitrogens with one attached hydrogen (secondary N) is 1. The van der Waals surface area contributed by atoms with E-state index in [1.54, 1.807) is 0 Å². The number of rotatable bonds is 7. The molecular weight excluding hydrogens is 186 g/mol. The Morgan fingerprint density at radius 2 is 2.07 bits per heavy atom. The Morgan fingerprint density at radius 3 is 2.50 bits per heavy atom. The molecule has 0 radical (unpaired) electrons. The summed E-state index contributed by atoms with van der Waals surface area (Å²) in [6.07, 6.45) is 1.23. The van der Waals surface area contributed by atoms with E-state index in [1.165, 1.54) is 0 Å². The molecule has 0 rings (SSSR count). The van der Waals surface area contributed by atoms with E-state index in [1.807, 2.05) is 6.92 Å². The molecule has 1 amide bonds. The number of hydrogen-bond acceptors (Lipinski definition) is 3. The first-order valence-corrected chi connectivity index (χ1v) is 4.72. The van der Waals surface area contributed by atoms with E-state index >= 15 is 0 Å². The van der Waals surface area contributed by atoms with Crippen LogP contribution in [0.5, 0.6) is 0 Å². The van der Waals surface area contributed by atoms with Crippen LogP contribution in [0.1, 0.15) is 26.2 Å². The Morgan fingerprint density at radius 1 is 1.43 bits per heavy atom. The zero-order chi connectivity index (χ0) is 11.0. The molecule has 5 nitrogen and oxygen atoms in total. The van der Waals surface area contributed by atoms with Crippen LogP contribution in [0.3, 0.4) is 0 Å². The van der Waals surface area contributed by atoms with Gasteiger partial charge >= 0.3 is 5.97 Å². The molecule has 0 aliphatic rings. The number of carboxylic acids is 1. The highest BCUT2D eigenvalue weighted by atomic mass is 16.4. The third-order valence-electron chi connectivity index (χ3n) is 1.85. The molecule has 0 saturated heterocycles. The van der Waals surface area contributed by atoms with Gasteiger partial charge in [-0.05, 0) is 6.42 Å². The van der Waals surface area contributed by atoms with E-state index in [0.29, 0.717) is 6.42 Å². The van der Waals surface area contributed by atoms with Crippen molar-refractivity contribution in [2.75, 3.05) is 13.2 Å². The minimum atomic E-state index is -0.939. The molecule has 0 aromatic heterocycles. The van der Waals surface area contributed by atoms with Gasteiger partial charge in [-0.3, -0.25) is 9.59 Å². The predicted molar refractivity (Wildman–Crippen MR) is 50.7 cm³/mol. The van der Waals surface area contributed by atoms with E-state index in [4.69, 9.17) is 10.2 Å². The van der Waals surface area contributed by atoms with Crippen molar-refractivity contribution in [2.24, 2.45) is 5.92 Å². The Kier molecular flexibility index (Phi) is 6.74. The fourth-order valence-electron chi connectivity index (χ4n) is 1.15. The quantitative estimate of drug-likeness (QED) is 0.543. The zero-order valence-electron chi connectivity index (χ0n) is 8.32. The highest BCUT2D eigenvalue weighted by Gasteiger charge is 2.19. The van der Waals surface area contributed by atoms with Crippen molar-refractivity contribution in [3.8, 4) is 0 Å². The molecular formula is C9H17NO4. The van der Waals surface area contributed by atoms with Crippen LogP contribution in [0.2, 0.25) is 0 Å². The smallest absolute Gasteiger partial charge is 0.307 e. The third kappa shape index (κ3) is 5.53. The largest absolute Gasteiger partial charge is 0.481 e. The van der Waals surface area contributed by atoms with E-state index in [-0.39, 0.29) is 25.5 Å². The molecule has 1 atom stereocenters. The van der Waals surface area contributed by atoms with Crippen LogP contribution >= 0.6 is 0 Å². The van der Waals surface area contributed by atoms with Gasteiger partial charge in [0.25, 0.3) is 0 Å². The Balaban J connectivity index is 3.90. The molecule has 0 fully saturated rings. The molecule has 0 bridgehead atoms. The molecule has 1 unspecified atom stereocenters. The lowest BCUT2D eigenvalue weighted by atomic mass is 10.00. The number of carbonyl (C=O) groups is 2. The van der Waals surface area contributed by atoms with Crippen molar-refractivity contribution in [3.05, 3.63) is 0 Å². The van der Waals surface area contributed by atoms with Crippen molar-refractivity contribution in [1.82, 2.24) is 5.32 Å². The molecule has 14 heavy (non-hydrogen) atoms. The molecule has 82 valence electrons. The fraction of sp³-hybridized carbons (Fsp3) is 0.778. The fourth-order valence-corrected chi connectivity index (χ4v) is 1.15. The lowest BCUT2D eigenvalue weighted by Gasteiger charge is -2.10. The molecule has 0 heterocycles. The number of aliphatic hydroxyl groups is 1. The maximum atomic E-state index is 11.1. The zero-order valence-corrected chi connectivity index (χ0v) is 8.32. The first kappa shape index (κ1) is 12.9. The second kappa shape index (κ2) is 7.32. The SMILES string of the molecule is CCCC(CC(=O)NCCO)C(=O)O. The number of carbonyl (C=O) groups excluding carboxylic acids is 1. The van der Waals surface area contributed by atoms with E-state index in [0.717, 1.165) is 6.42 Å². The van der Waals surface area contributed by atoms with Crippen LogP contribution in [0, 0.1) is 5.92 Å². The lowest BCUT2D eigenvalue weighted by Crippen LogP contribution is -2.30. The molecule has 0 aromatic carbocycles. The van der Waals surface area contributed by atoms with E-state index in [2.05, 4.69) is 5.32 Å². The molecule has 3 N–H and O–H groups in total. The third-order valence-corrected chi connectivity index (χ3v) is 1.85. The predicted octanol–water partition coefficient (Wildman–Crippen LogP) is -0.0141. The van der Waals surface area contributed by atoms with Crippen LogP contribution in [-0.2, 0) is 9.59 Å². The van der Waals surface area contributed by atoms with Gasteiger partial charge in [0.2, 0.25) is 5.91 Å². The van der Waals surface area contributed by atoms with Crippen LogP contribution < -0.4 is 5.32 Å². The molecule has 0 aliphatic heterocycles. The average molecular weight is 203 g/mol. The second-order valence-electron chi connectivity index (χ2n) is 3.10. The molecule has 0 spiro atoms. The van der Waals surface area contributed by atoms with Gasteiger partial charge < -0.3 is 15.5 Å². The summed E-state index contributed by atoms with van der Waals surface area (Å²) < 4.78 is 0. The number of aliphatic hydroxyl groups excluding tert-OH is 1.